The van der Waals surface area contributed by atoms with Crippen LogP contribution < -0.4 is 5.73 Å². The zero-order valence-corrected chi connectivity index (χ0v) is 11.5. The quantitative estimate of drug-likeness (QED) is 0.845. The highest BCUT2D eigenvalue weighted by atomic mass is 32.1. The Bertz CT molecular complexity index is 549. The van der Waals surface area contributed by atoms with E-state index in [2.05, 4.69) is 22.4 Å². The van der Waals surface area contributed by atoms with Crippen molar-refractivity contribution in [1.29, 1.82) is 0 Å². The summed E-state index contributed by atoms with van der Waals surface area (Å²) in [5.41, 5.74) is 6.73. The van der Waals surface area contributed by atoms with Crippen LogP contribution in [0.5, 0.6) is 0 Å². The van der Waals surface area contributed by atoms with Gasteiger partial charge in [0, 0.05) is 24.0 Å². The molecule has 2 N–H and O–H groups in total. The van der Waals surface area contributed by atoms with Gasteiger partial charge >= 0.3 is 0 Å². The Morgan fingerprint density at radius 3 is 2.74 bits per heavy atom. The van der Waals surface area contributed by atoms with Gasteiger partial charge in [-0.1, -0.05) is 12.1 Å². The van der Waals surface area contributed by atoms with E-state index in [4.69, 9.17) is 5.73 Å². The van der Waals surface area contributed by atoms with Gasteiger partial charge in [0.2, 0.25) is 0 Å². The van der Waals surface area contributed by atoms with Crippen LogP contribution in [-0.2, 0) is 13.1 Å². The molecule has 0 radical (unpaired) electrons. The zero-order chi connectivity index (χ0) is 13.2. The number of benzene rings is 1. The number of hydrogen-bond acceptors (Lipinski definition) is 3. The maximum Gasteiger partial charge on any atom is 0.146 e. The van der Waals surface area contributed by atoms with Crippen LogP contribution in [-0.4, -0.2) is 10.9 Å². The number of nitrogen functional groups attached to an aromatic ring is 1. The van der Waals surface area contributed by atoms with E-state index in [-0.39, 0.29) is 11.5 Å². The van der Waals surface area contributed by atoms with Crippen LogP contribution in [0.3, 0.4) is 0 Å². The summed E-state index contributed by atoms with van der Waals surface area (Å²) in [4.78, 5) is 3.79. The van der Waals surface area contributed by atoms with Crippen LogP contribution >= 0.6 is 11.3 Å². The number of halogens is 1. The summed E-state index contributed by atoms with van der Waals surface area (Å²) in [5, 5.41) is 2.10. The molecule has 2 aromatic rings. The Balaban J connectivity index is 1.72. The molecule has 0 unspecified atom stereocenters. The summed E-state index contributed by atoms with van der Waals surface area (Å²) >= 11 is 1.78. The maximum atomic E-state index is 13.5. The van der Waals surface area contributed by atoms with Crippen molar-refractivity contribution >= 4 is 17.0 Å². The third-order valence-corrected chi connectivity index (χ3v) is 4.31. The lowest BCUT2D eigenvalue weighted by atomic mass is 10.2. The smallest absolute Gasteiger partial charge is 0.146 e. The Labute approximate surface area is 116 Å². The van der Waals surface area contributed by atoms with E-state index in [0.29, 0.717) is 6.04 Å². The summed E-state index contributed by atoms with van der Waals surface area (Å²) in [6.07, 6.45) is 2.51. The number of rotatable bonds is 5. The molecule has 1 aromatic carbocycles. The highest BCUT2D eigenvalue weighted by molar-refractivity contribution is 7.09. The minimum atomic E-state index is -0.315. The first-order valence-corrected chi connectivity index (χ1v) is 7.40. The molecule has 0 saturated heterocycles. The van der Waals surface area contributed by atoms with E-state index in [1.807, 2.05) is 6.07 Å². The van der Waals surface area contributed by atoms with E-state index in [9.17, 15) is 4.39 Å². The fourth-order valence-electron chi connectivity index (χ4n) is 2.26. The highest BCUT2D eigenvalue weighted by Crippen LogP contribution is 2.30. The van der Waals surface area contributed by atoms with Crippen LogP contribution in [0, 0.1) is 5.82 Å². The SMILES string of the molecule is Nc1ccc(CN(Cc2cccs2)C2CC2)cc1F. The molecule has 1 saturated carbocycles. The highest BCUT2D eigenvalue weighted by Gasteiger charge is 2.29. The molecule has 100 valence electrons. The number of nitrogens with zero attached hydrogens (tertiary/aromatic N) is 1. The standard InChI is InChI=1S/C15H17FN2S/c16-14-8-11(3-6-15(14)17)9-18(12-4-5-12)10-13-2-1-7-19-13/h1-3,6-8,12H,4-5,9-10,17H2. The van der Waals surface area contributed by atoms with Crippen LogP contribution in [0.15, 0.2) is 35.7 Å². The normalized spacial score (nSPS) is 15.1. The summed E-state index contributed by atoms with van der Waals surface area (Å²) in [5.74, 6) is -0.315. The van der Waals surface area contributed by atoms with Gasteiger partial charge in [-0.3, -0.25) is 4.90 Å². The Kier molecular flexibility index (Phi) is 3.53. The van der Waals surface area contributed by atoms with Gasteiger partial charge in [-0.15, -0.1) is 11.3 Å². The average Bonchev–Trinajstić information content (AvgIpc) is 3.12. The molecular weight excluding hydrogens is 259 g/mol. The van der Waals surface area contributed by atoms with Gasteiger partial charge in [-0.2, -0.15) is 0 Å². The molecule has 0 bridgehead atoms. The second kappa shape index (κ2) is 5.31. The lowest BCUT2D eigenvalue weighted by Crippen LogP contribution is -2.24. The van der Waals surface area contributed by atoms with Crippen molar-refractivity contribution in [2.75, 3.05) is 5.73 Å². The van der Waals surface area contributed by atoms with E-state index >= 15 is 0 Å². The molecule has 1 aliphatic carbocycles. The van der Waals surface area contributed by atoms with Crippen molar-refractivity contribution in [3.05, 3.63) is 52.0 Å². The molecule has 1 fully saturated rings. The third kappa shape index (κ3) is 3.14. The molecule has 1 aliphatic rings. The topological polar surface area (TPSA) is 29.3 Å². The Hall–Kier alpha value is -1.39. The van der Waals surface area contributed by atoms with Gasteiger partial charge in [-0.25, -0.2) is 4.39 Å². The summed E-state index contributed by atoms with van der Waals surface area (Å²) < 4.78 is 13.5. The summed E-state index contributed by atoms with van der Waals surface area (Å²) in [6, 6.07) is 10.0. The minimum Gasteiger partial charge on any atom is -0.396 e. The molecular formula is C15H17FN2S. The van der Waals surface area contributed by atoms with Crippen molar-refractivity contribution < 1.29 is 4.39 Å². The molecule has 3 rings (SSSR count). The predicted molar refractivity (Wildman–Crippen MR) is 77.4 cm³/mol. The third-order valence-electron chi connectivity index (χ3n) is 3.45. The van der Waals surface area contributed by atoms with E-state index in [1.54, 1.807) is 23.5 Å². The number of anilines is 1. The van der Waals surface area contributed by atoms with Crippen molar-refractivity contribution in [1.82, 2.24) is 4.90 Å². The predicted octanol–water partition coefficient (Wildman–Crippen LogP) is 3.63. The molecule has 1 aromatic heterocycles. The Morgan fingerprint density at radius 2 is 2.11 bits per heavy atom. The monoisotopic (exact) mass is 276 g/mol. The lowest BCUT2D eigenvalue weighted by molar-refractivity contribution is 0.248. The second-order valence-electron chi connectivity index (χ2n) is 5.07. The molecule has 2 nitrogen and oxygen atoms in total. The van der Waals surface area contributed by atoms with Gasteiger partial charge < -0.3 is 5.73 Å². The van der Waals surface area contributed by atoms with E-state index in [1.165, 1.54) is 17.7 Å². The van der Waals surface area contributed by atoms with E-state index in [0.717, 1.165) is 18.7 Å². The average molecular weight is 276 g/mol. The maximum absolute atomic E-state index is 13.5. The summed E-state index contributed by atoms with van der Waals surface area (Å²) in [7, 11) is 0. The molecule has 0 spiro atoms. The number of thiophene rings is 1. The molecule has 19 heavy (non-hydrogen) atoms. The zero-order valence-electron chi connectivity index (χ0n) is 10.7. The fraction of sp³-hybridized carbons (Fsp3) is 0.333. The fourth-order valence-corrected chi connectivity index (χ4v) is 2.99. The first-order valence-electron chi connectivity index (χ1n) is 6.53. The van der Waals surface area contributed by atoms with Crippen molar-refractivity contribution in [3.8, 4) is 0 Å². The molecule has 4 heteroatoms. The largest absolute Gasteiger partial charge is 0.396 e. The Morgan fingerprint density at radius 1 is 1.26 bits per heavy atom. The van der Waals surface area contributed by atoms with Gasteiger partial charge in [-0.05, 0) is 42.0 Å². The lowest BCUT2D eigenvalue weighted by Gasteiger charge is -2.21. The number of nitrogens with two attached hydrogens (primary N) is 1. The summed E-state index contributed by atoms with van der Waals surface area (Å²) in [6.45, 7) is 1.74. The molecule has 1 heterocycles. The van der Waals surface area contributed by atoms with Gasteiger partial charge in [0.25, 0.3) is 0 Å². The first kappa shape index (κ1) is 12.6. The van der Waals surface area contributed by atoms with Crippen LogP contribution in [0.4, 0.5) is 10.1 Å². The van der Waals surface area contributed by atoms with Crippen molar-refractivity contribution in [2.24, 2.45) is 0 Å². The molecule has 0 amide bonds. The van der Waals surface area contributed by atoms with Gasteiger partial charge in [0.15, 0.2) is 0 Å². The van der Waals surface area contributed by atoms with Crippen LogP contribution in [0.25, 0.3) is 0 Å². The van der Waals surface area contributed by atoms with Crippen LogP contribution in [0.2, 0.25) is 0 Å². The van der Waals surface area contributed by atoms with Gasteiger partial charge in [0.1, 0.15) is 5.82 Å². The second-order valence-corrected chi connectivity index (χ2v) is 6.10. The van der Waals surface area contributed by atoms with E-state index < -0.39 is 0 Å². The van der Waals surface area contributed by atoms with Crippen LogP contribution in [0.1, 0.15) is 23.3 Å². The number of hydrogen-bond donors (Lipinski definition) is 1. The van der Waals surface area contributed by atoms with Gasteiger partial charge in [0.05, 0.1) is 5.69 Å². The van der Waals surface area contributed by atoms with Crippen molar-refractivity contribution in [3.63, 3.8) is 0 Å². The molecule has 0 aliphatic heterocycles. The first-order chi connectivity index (χ1) is 9.22. The van der Waals surface area contributed by atoms with Crippen molar-refractivity contribution in [2.45, 2.75) is 32.0 Å². The molecule has 0 atom stereocenters. The minimum absolute atomic E-state index is 0.222.